The Balaban J connectivity index is 2.44. The van der Waals surface area contributed by atoms with Crippen LogP contribution in [0.15, 0.2) is 0 Å². The summed E-state index contributed by atoms with van der Waals surface area (Å²) in [6.45, 7) is 5.81. The zero-order chi connectivity index (χ0) is 14.1. The van der Waals surface area contributed by atoms with Crippen LogP contribution < -0.4 is 0 Å². The monoisotopic (exact) mass is 270 g/mol. The summed E-state index contributed by atoms with van der Waals surface area (Å²) in [4.78, 5) is 22.9. The van der Waals surface area contributed by atoms with Crippen LogP contribution in [0.4, 0.5) is 0 Å². The molecule has 0 bridgehead atoms. The van der Waals surface area contributed by atoms with Crippen molar-refractivity contribution in [2.75, 3.05) is 0 Å². The van der Waals surface area contributed by atoms with E-state index in [1.54, 1.807) is 0 Å². The average Bonchev–Trinajstić information content (AvgIpc) is 2.31. The molecule has 1 unspecified atom stereocenters. The van der Waals surface area contributed by atoms with Crippen molar-refractivity contribution in [3.63, 3.8) is 0 Å². The van der Waals surface area contributed by atoms with Crippen molar-refractivity contribution in [2.24, 2.45) is 0 Å². The molecule has 0 N–H and O–H groups in total. The van der Waals surface area contributed by atoms with Gasteiger partial charge in [-0.3, -0.25) is 4.79 Å². The van der Waals surface area contributed by atoms with Gasteiger partial charge in [-0.1, -0.05) is 44.9 Å². The Hall–Kier alpha value is -0.410. The number of carbonyl (C=O) groups excluding carboxylic acids is 1. The number of hydrogen-bond acceptors (Lipinski definition) is 3. The summed E-state index contributed by atoms with van der Waals surface area (Å²) in [6, 6.07) is 0. The van der Waals surface area contributed by atoms with Crippen molar-refractivity contribution in [3.8, 4) is 0 Å². The second-order valence-electron chi connectivity index (χ2n) is 6.61. The first-order valence-electron chi connectivity index (χ1n) is 7.86. The summed E-state index contributed by atoms with van der Waals surface area (Å²) in [5.74, 6) is 0.213. The second-order valence-corrected chi connectivity index (χ2v) is 6.61. The van der Waals surface area contributed by atoms with Gasteiger partial charge in [-0.15, -0.1) is 0 Å². The van der Waals surface area contributed by atoms with Crippen LogP contribution in [0.25, 0.3) is 0 Å². The van der Waals surface area contributed by atoms with Crippen LogP contribution in [0.3, 0.4) is 0 Å². The van der Waals surface area contributed by atoms with Gasteiger partial charge in [-0.05, 0) is 33.6 Å². The standard InChI is InChI=1S/C16H30O3/c1-16(2,3)19-18-15-13-11-9-7-5-4-6-8-10-12-14(15)17/h15H,4-13H2,1-3H3. The van der Waals surface area contributed by atoms with Crippen LogP contribution in [0.5, 0.6) is 0 Å². The molecule has 0 amide bonds. The van der Waals surface area contributed by atoms with Gasteiger partial charge in [0.25, 0.3) is 0 Å². The lowest BCUT2D eigenvalue weighted by atomic mass is 9.99. The number of ketones is 1. The number of hydrogen-bond donors (Lipinski definition) is 0. The minimum atomic E-state index is -0.362. The largest absolute Gasteiger partial charge is 0.297 e. The zero-order valence-corrected chi connectivity index (χ0v) is 12.9. The predicted octanol–water partition coefficient (Wildman–Crippen LogP) is 4.59. The summed E-state index contributed by atoms with van der Waals surface area (Å²) in [5, 5.41) is 0. The van der Waals surface area contributed by atoms with Crippen LogP contribution in [0.1, 0.15) is 85.0 Å². The van der Waals surface area contributed by atoms with Gasteiger partial charge in [0.15, 0.2) is 11.9 Å². The van der Waals surface area contributed by atoms with E-state index < -0.39 is 0 Å². The smallest absolute Gasteiger partial charge is 0.164 e. The van der Waals surface area contributed by atoms with E-state index in [9.17, 15) is 4.79 Å². The molecule has 1 rings (SSSR count). The summed E-state index contributed by atoms with van der Waals surface area (Å²) in [7, 11) is 0. The fraction of sp³-hybridized carbons (Fsp3) is 0.938. The average molecular weight is 270 g/mol. The van der Waals surface area contributed by atoms with Gasteiger partial charge in [-0.25, -0.2) is 9.78 Å². The molecule has 1 aliphatic rings. The van der Waals surface area contributed by atoms with Crippen molar-refractivity contribution < 1.29 is 14.6 Å². The first-order chi connectivity index (χ1) is 8.99. The molecule has 0 aromatic carbocycles. The van der Waals surface area contributed by atoms with Crippen LogP contribution in [-0.2, 0) is 14.6 Å². The Kier molecular flexibility index (Phi) is 7.62. The molecule has 1 saturated carbocycles. The molecule has 1 atom stereocenters. The van der Waals surface area contributed by atoms with E-state index in [2.05, 4.69) is 0 Å². The van der Waals surface area contributed by atoms with E-state index in [0.717, 1.165) is 19.3 Å². The van der Waals surface area contributed by atoms with Crippen molar-refractivity contribution in [1.29, 1.82) is 0 Å². The van der Waals surface area contributed by atoms with Gasteiger partial charge in [0.1, 0.15) is 0 Å². The molecule has 1 fully saturated rings. The molecular weight excluding hydrogens is 240 g/mol. The topological polar surface area (TPSA) is 35.5 Å². The Morgan fingerprint density at radius 3 is 2.00 bits per heavy atom. The Morgan fingerprint density at radius 1 is 0.895 bits per heavy atom. The first kappa shape index (κ1) is 16.6. The molecule has 0 radical (unpaired) electrons. The lowest BCUT2D eigenvalue weighted by molar-refractivity contribution is -0.366. The highest BCUT2D eigenvalue weighted by atomic mass is 17.2. The summed E-state index contributed by atoms with van der Waals surface area (Å²) < 4.78 is 0. The van der Waals surface area contributed by atoms with Gasteiger partial charge in [0.05, 0.1) is 5.60 Å². The van der Waals surface area contributed by atoms with Crippen molar-refractivity contribution in [1.82, 2.24) is 0 Å². The van der Waals surface area contributed by atoms with E-state index in [1.807, 2.05) is 20.8 Å². The van der Waals surface area contributed by atoms with Crippen molar-refractivity contribution in [2.45, 2.75) is 96.7 Å². The first-order valence-corrected chi connectivity index (χ1v) is 7.86. The Labute approximate surface area is 118 Å². The lowest BCUT2D eigenvalue weighted by Gasteiger charge is -2.23. The highest BCUT2D eigenvalue weighted by Crippen LogP contribution is 2.19. The molecule has 3 heteroatoms. The molecule has 0 saturated heterocycles. The minimum Gasteiger partial charge on any atom is -0.297 e. The highest BCUT2D eigenvalue weighted by Gasteiger charge is 2.23. The maximum absolute atomic E-state index is 12.1. The minimum absolute atomic E-state index is 0.213. The third kappa shape index (κ3) is 8.38. The van der Waals surface area contributed by atoms with E-state index in [4.69, 9.17) is 9.78 Å². The number of carbonyl (C=O) groups is 1. The normalized spacial score (nSPS) is 24.6. The summed E-state index contributed by atoms with van der Waals surface area (Å²) >= 11 is 0. The lowest BCUT2D eigenvalue weighted by Crippen LogP contribution is -2.29. The van der Waals surface area contributed by atoms with Crippen LogP contribution in [0, 0.1) is 0 Å². The van der Waals surface area contributed by atoms with Gasteiger partial charge in [0.2, 0.25) is 0 Å². The van der Waals surface area contributed by atoms with Gasteiger partial charge >= 0.3 is 0 Å². The number of Topliss-reactive ketones (excluding diaryl/α,β-unsaturated/α-hetero) is 1. The highest BCUT2D eigenvalue weighted by molar-refractivity contribution is 5.82. The molecule has 0 heterocycles. The molecular formula is C16H30O3. The molecule has 19 heavy (non-hydrogen) atoms. The van der Waals surface area contributed by atoms with Crippen molar-refractivity contribution >= 4 is 5.78 Å². The van der Waals surface area contributed by atoms with Crippen LogP contribution in [-0.4, -0.2) is 17.5 Å². The predicted molar refractivity (Wildman–Crippen MR) is 76.9 cm³/mol. The molecule has 0 aliphatic heterocycles. The van der Waals surface area contributed by atoms with Gasteiger partial charge in [0, 0.05) is 6.42 Å². The molecule has 112 valence electrons. The SMILES string of the molecule is CC(C)(C)OOC1CCCCCCCCCCC1=O. The van der Waals surface area contributed by atoms with Crippen molar-refractivity contribution in [3.05, 3.63) is 0 Å². The molecule has 0 spiro atoms. The maximum atomic E-state index is 12.1. The summed E-state index contributed by atoms with van der Waals surface area (Å²) in [5.41, 5.74) is -0.357. The third-order valence-corrected chi connectivity index (χ3v) is 3.41. The van der Waals surface area contributed by atoms with E-state index in [0.29, 0.717) is 6.42 Å². The molecule has 3 nitrogen and oxygen atoms in total. The molecule has 1 aliphatic carbocycles. The Bertz CT molecular complexity index is 255. The maximum Gasteiger partial charge on any atom is 0.164 e. The van der Waals surface area contributed by atoms with Crippen LogP contribution >= 0.6 is 0 Å². The van der Waals surface area contributed by atoms with E-state index in [1.165, 1.54) is 38.5 Å². The Morgan fingerprint density at radius 2 is 1.42 bits per heavy atom. The quantitative estimate of drug-likeness (QED) is 0.544. The fourth-order valence-electron chi connectivity index (χ4n) is 2.32. The zero-order valence-electron chi connectivity index (χ0n) is 12.9. The second kappa shape index (κ2) is 8.70. The van der Waals surface area contributed by atoms with Gasteiger partial charge in [-0.2, -0.15) is 0 Å². The molecule has 0 aromatic rings. The number of rotatable bonds is 2. The van der Waals surface area contributed by atoms with Crippen LogP contribution in [0.2, 0.25) is 0 Å². The molecule has 0 aromatic heterocycles. The fourth-order valence-corrected chi connectivity index (χ4v) is 2.32. The van der Waals surface area contributed by atoms with E-state index >= 15 is 0 Å². The third-order valence-electron chi connectivity index (χ3n) is 3.41. The summed E-state index contributed by atoms with van der Waals surface area (Å²) in [6.07, 6.45) is 10.7. The van der Waals surface area contributed by atoms with Gasteiger partial charge < -0.3 is 0 Å². The van der Waals surface area contributed by atoms with E-state index in [-0.39, 0.29) is 17.5 Å².